The summed E-state index contributed by atoms with van der Waals surface area (Å²) in [6, 6.07) is 13.4. The van der Waals surface area contributed by atoms with E-state index in [0.29, 0.717) is 24.6 Å². The summed E-state index contributed by atoms with van der Waals surface area (Å²) in [4.78, 5) is 27.6. The lowest BCUT2D eigenvalue weighted by Gasteiger charge is -2.32. The molecule has 0 radical (unpaired) electrons. The molecule has 0 fully saturated rings. The van der Waals surface area contributed by atoms with Gasteiger partial charge in [0.2, 0.25) is 5.91 Å². The predicted octanol–water partition coefficient (Wildman–Crippen LogP) is 3.90. The lowest BCUT2D eigenvalue weighted by Crippen LogP contribution is -2.43. The molecule has 32 heavy (non-hydrogen) atoms. The van der Waals surface area contributed by atoms with E-state index in [2.05, 4.69) is 5.32 Å². The monoisotopic (exact) mass is 440 g/mol. The maximum atomic E-state index is 13.6. The molecule has 2 aromatic rings. The van der Waals surface area contributed by atoms with Crippen molar-refractivity contribution in [3.05, 3.63) is 59.2 Å². The first-order chi connectivity index (χ1) is 15.2. The van der Waals surface area contributed by atoms with Gasteiger partial charge in [-0.1, -0.05) is 30.3 Å². The third-order valence-electron chi connectivity index (χ3n) is 5.38. The van der Waals surface area contributed by atoms with Crippen molar-refractivity contribution < 1.29 is 23.8 Å². The predicted molar refractivity (Wildman–Crippen MR) is 122 cm³/mol. The third-order valence-corrected chi connectivity index (χ3v) is 5.38. The number of rotatable bonds is 6. The van der Waals surface area contributed by atoms with Crippen molar-refractivity contribution in [2.75, 3.05) is 27.3 Å². The Labute approximate surface area is 189 Å². The van der Waals surface area contributed by atoms with Crippen molar-refractivity contribution in [2.45, 2.75) is 45.3 Å². The second kappa shape index (κ2) is 9.94. The summed E-state index contributed by atoms with van der Waals surface area (Å²) in [5.74, 6) is 0.791. The van der Waals surface area contributed by atoms with Crippen LogP contribution < -0.4 is 14.8 Å². The van der Waals surface area contributed by atoms with Gasteiger partial charge in [-0.3, -0.25) is 4.79 Å². The van der Waals surface area contributed by atoms with Crippen molar-refractivity contribution in [1.82, 2.24) is 10.2 Å². The summed E-state index contributed by atoms with van der Waals surface area (Å²) < 4.78 is 16.2. The Morgan fingerprint density at radius 2 is 1.66 bits per heavy atom. The molecule has 1 aliphatic heterocycles. The van der Waals surface area contributed by atoms with E-state index >= 15 is 0 Å². The molecular formula is C25H32N2O5. The van der Waals surface area contributed by atoms with Crippen LogP contribution in [0.3, 0.4) is 0 Å². The van der Waals surface area contributed by atoms with Crippen molar-refractivity contribution in [1.29, 1.82) is 0 Å². The van der Waals surface area contributed by atoms with Gasteiger partial charge in [0.25, 0.3) is 0 Å². The van der Waals surface area contributed by atoms with Gasteiger partial charge >= 0.3 is 6.09 Å². The maximum absolute atomic E-state index is 13.6. The van der Waals surface area contributed by atoms with Gasteiger partial charge < -0.3 is 24.4 Å². The molecule has 0 saturated carbocycles. The van der Waals surface area contributed by atoms with Crippen LogP contribution in [0.15, 0.2) is 42.5 Å². The minimum Gasteiger partial charge on any atom is -0.493 e. The highest BCUT2D eigenvalue weighted by Gasteiger charge is 2.30. The van der Waals surface area contributed by atoms with Crippen LogP contribution in [0.1, 0.15) is 43.4 Å². The Morgan fingerprint density at radius 1 is 1.03 bits per heavy atom. The number of methoxy groups -OCH3 is 2. The molecule has 7 nitrogen and oxygen atoms in total. The second-order valence-corrected chi connectivity index (χ2v) is 8.83. The SMILES string of the molecule is COc1cc2c(cc1OC)CN(C(=O)C(CNC(=O)OC(C)(C)C)c1ccccc1)CC2. The lowest BCUT2D eigenvalue weighted by molar-refractivity contribution is -0.133. The number of nitrogens with zero attached hydrogens (tertiary/aromatic N) is 1. The zero-order valence-corrected chi connectivity index (χ0v) is 19.4. The van der Waals surface area contributed by atoms with E-state index in [1.165, 1.54) is 0 Å². The van der Waals surface area contributed by atoms with Crippen LogP contribution in [-0.2, 0) is 22.5 Å². The normalized spacial score (nSPS) is 14.2. The van der Waals surface area contributed by atoms with Gasteiger partial charge in [0.15, 0.2) is 11.5 Å². The first kappa shape index (κ1) is 23.4. The van der Waals surface area contributed by atoms with Crippen molar-refractivity contribution in [2.24, 2.45) is 0 Å². The number of benzene rings is 2. The maximum Gasteiger partial charge on any atom is 0.407 e. The van der Waals surface area contributed by atoms with E-state index in [1.807, 2.05) is 47.4 Å². The molecule has 0 aromatic heterocycles. The Morgan fingerprint density at radius 3 is 2.25 bits per heavy atom. The molecule has 2 amide bonds. The molecule has 1 aliphatic rings. The number of hydrogen-bond donors (Lipinski definition) is 1. The second-order valence-electron chi connectivity index (χ2n) is 8.83. The summed E-state index contributed by atoms with van der Waals surface area (Å²) in [6.07, 6.45) is 0.189. The average Bonchev–Trinajstić information content (AvgIpc) is 2.77. The third kappa shape index (κ3) is 5.72. The smallest absolute Gasteiger partial charge is 0.407 e. The minimum atomic E-state index is -0.604. The zero-order chi connectivity index (χ0) is 23.3. The summed E-state index contributed by atoms with van der Waals surface area (Å²) in [5, 5.41) is 2.77. The Bertz CT molecular complexity index is 953. The van der Waals surface area contributed by atoms with Gasteiger partial charge in [0.05, 0.1) is 20.1 Å². The summed E-state index contributed by atoms with van der Waals surface area (Å²) in [5.41, 5.74) is 2.43. The molecule has 1 N–H and O–H groups in total. The molecule has 0 bridgehead atoms. The number of alkyl carbamates (subject to hydrolysis) is 1. The highest BCUT2D eigenvalue weighted by molar-refractivity contribution is 5.85. The lowest BCUT2D eigenvalue weighted by atomic mass is 9.94. The van der Waals surface area contributed by atoms with E-state index < -0.39 is 17.6 Å². The number of ether oxygens (including phenoxy) is 3. The van der Waals surface area contributed by atoms with Crippen molar-refractivity contribution in [3.63, 3.8) is 0 Å². The van der Waals surface area contributed by atoms with E-state index in [1.54, 1.807) is 35.0 Å². The number of carbonyl (C=O) groups is 2. The van der Waals surface area contributed by atoms with E-state index in [0.717, 1.165) is 23.1 Å². The Kier molecular flexibility index (Phi) is 7.28. The fourth-order valence-corrected chi connectivity index (χ4v) is 3.82. The number of carbonyl (C=O) groups excluding carboxylic acids is 2. The van der Waals surface area contributed by atoms with E-state index in [-0.39, 0.29) is 12.5 Å². The topological polar surface area (TPSA) is 77.1 Å². The quantitative estimate of drug-likeness (QED) is 0.737. The minimum absolute atomic E-state index is 0.0345. The molecule has 3 rings (SSSR count). The largest absolute Gasteiger partial charge is 0.493 e. The standard InChI is InChI=1S/C25H32N2O5/c1-25(2,3)32-24(29)26-15-20(17-9-7-6-8-10-17)23(28)27-12-11-18-13-21(30-4)22(31-5)14-19(18)16-27/h6-10,13-14,20H,11-12,15-16H2,1-5H3,(H,26,29). The number of hydrogen-bond acceptors (Lipinski definition) is 5. The highest BCUT2D eigenvalue weighted by Crippen LogP contribution is 2.34. The fraction of sp³-hybridized carbons (Fsp3) is 0.440. The molecular weight excluding hydrogens is 408 g/mol. The molecule has 1 heterocycles. The molecule has 172 valence electrons. The van der Waals surface area contributed by atoms with E-state index in [9.17, 15) is 9.59 Å². The van der Waals surface area contributed by atoms with E-state index in [4.69, 9.17) is 14.2 Å². The van der Waals surface area contributed by atoms with Crippen LogP contribution in [0.5, 0.6) is 11.5 Å². The zero-order valence-electron chi connectivity index (χ0n) is 19.4. The first-order valence-electron chi connectivity index (χ1n) is 10.8. The van der Waals surface area contributed by atoms with Gasteiger partial charge in [0.1, 0.15) is 5.60 Å². The van der Waals surface area contributed by atoms with Crippen LogP contribution in [0, 0.1) is 0 Å². The van der Waals surface area contributed by atoms with Gasteiger partial charge in [-0.25, -0.2) is 4.79 Å². The van der Waals surface area contributed by atoms with Crippen molar-refractivity contribution in [3.8, 4) is 11.5 Å². The Hall–Kier alpha value is -3.22. The fourth-order valence-electron chi connectivity index (χ4n) is 3.82. The Balaban J connectivity index is 1.79. The molecule has 0 aliphatic carbocycles. The number of amides is 2. The van der Waals surface area contributed by atoms with Crippen LogP contribution in [0.2, 0.25) is 0 Å². The van der Waals surface area contributed by atoms with Gasteiger partial charge in [-0.15, -0.1) is 0 Å². The molecule has 1 atom stereocenters. The van der Waals surface area contributed by atoms with Crippen molar-refractivity contribution >= 4 is 12.0 Å². The van der Waals surface area contributed by atoms with Gasteiger partial charge in [-0.2, -0.15) is 0 Å². The molecule has 1 unspecified atom stereocenters. The highest BCUT2D eigenvalue weighted by atomic mass is 16.6. The molecule has 0 spiro atoms. The van der Waals surface area contributed by atoms with Crippen LogP contribution in [-0.4, -0.2) is 49.8 Å². The van der Waals surface area contributed by atoms with Crippen LogP contribution in [0.4, 0.5) is 4.79 Å². The molecule has 7 heteroatoms. The van der Waals surface area contributed by atoms with Crippen LogP contribution >= 0.6 is 0 Å². The average molecular weight is 441 g/mol. The first-order valence-corrected chi connectivity index (χ1v) is 10.8. The van der Waals surface area contributed by atoms with Gasteiger partial charge in [-0.05, 0) is 56.0 Å². The summed E-state index contributed by atoms with van der Waals surface area (Å²) >= 11 is 0. The molecule has 2 aromatic carbocycles. The molecule has 0 saturated heterocycles. The number of nitrogens with one attached hydrogen (secondary N) is 1. The summed E-state index contributed by atoms with van der Waals surface area (Å²) in [7, 11) is 3.22. The van der Waals surface area contributed by atoms with Gasteiger partial charge in [0, 0.05) is 19.6 Å². The van der Waals surface area contributed by atoms with Crippen LogP contribution in [0.25, 0.3) is 0 Å². The summed E-state index contributed by atoms with van der Waals surface area (Å²) in [6.45, 7) is 6.65. The number of fused-ring (bicyclic) bond motifs is 1.